The molecule has 0 heterocycles. The Morgan fingerprint density at radius 1 is 0.952 bits per heavy atom. The molecule has 0 aliphatic heterocycles. The molecule has 0 fully saturated rings. The number of hydrogen-bond donors (Lipinski definition) is 1. The van der Waals surface area contributed by atoms with Crippen LogP contribution >= 0.6 is 0 Å². The van der Waals surface area contributed by atoms with Gasteiger partial charge in [-0.05, 0) is 56.5 Å². The minimum Gasteiger partial charge on any atom is -0.497 e. The van der Waals surface area contributed by atoms with E-state index in [-0.39, 0.29) is 5.54 Å². The lowest BCUT2D eigenvalue weighted by atomic mass is 9.94. The molecule has 2 rings (SSSR count). The summed E-state index contributed by atoms with van der Waals surface area (Å²) in [5.74, 6) is 0.902. The maximum Gasteiger partial charge on any atom is 0.118 e. The fraction of sp³-hybridized carbons (Fsp3) is 0.368. The van der Waals surface area contributed by atoms with Crippen molar-refractivity contribution in [3.63, 3.8) is 0 Å². The fourth-order valence-corrected chi connectivity index (χ4v) is 2.45. The van der Waals surface area contributed by atoms with E-state index in [1.165, 1.54) is 11.1 Å². The summed E-state index contributed by atoms with van der Waals surface area (Å²) in [5.41, 5.74) is 2.66. The van der Waals surface area contributed by atoms with E-state index in [4.69, 9.17) is 4.74 Å². The number of aryl methyl sites for hydroxylation is 1. The van der Waals surface area contributed by atoms with Gasteiger partial charge in [0.1, 0.15) is 5.75 Å². The van der Waals surface area contributed by atoms with Crippen LogP contribution in [0.1, 0.15) is 31.4 Å². The quantitative estimate of drug-likeness (QED) is 0.771. The summed E-state index contributed by atoms with van der Waals surface area (Å²) in [6.45, 7) is 5.45. The molecule has 0 aliphatic carbocycles. The van der Waals surface area contributed by atoms with Crippen molar-refractivity contribution in [2.45, 2.75) is 32.2 Å². The first-order chi connectivity index (χ1) is 10.1. The summed E-state index contributed by atoms with van der Waals surface area (Å²) >= 11 is 0. The van der Waals surface area contributed by atoms with E-state index < -0.39 is 0 Å². The lowest BCUT2D eigenvalue weighted by Gasteiger charge is -2.27. The zero-order valence-corrected chi connectivity index (χ0v) is 13.2. The van der Waals surface area contributed by atoms with Gasteiger partial charge in [-0.1, -0.05) is 42.5 Å². The number of nitrogens with one attached hydrogen (secondary N) is 1. The van der Waals surface area contributed by atoms with Gasteiger partial charge in [-0.25, -0.2) is 0 Å². The van der Waals surface area contributed by atoms with Crippen LogP contribution < -0.4 is 10.1 Å². The van der Waals surface area contributed by atoms with Gasteiger partial charge in [-0.15, -0.1) is 0 Å². The van der Waals surface area contributed by atoms with Crippen LogP contribution in [0.4, 0.5) is 0 Å². The van der Waals surface area contributed by atoms with Crippen molar-refractivity contribution < 1.29 is 4.74 Å². The number of rotatable bonds is 7. The summed E-state index contributed by atoms with van der Waals surface area (Å²) in [4.78, 5) is 0. The average Bonchev–Trinajstić information content (AvgIpc) is 2.53. The molecule has 1 N–H and O–H groups in total. The maximum absolute atomic E-state index is 5.21. The van der Waals surface area contributed by atoms with Crippen molar-refractivity contribution >= 4 is 0 Å². The molecule has 0 unspecified atom stereocenters. The molecule has 0 spiro atoms. The van der Waals surface area contributed by atoms with E-state index in [0.29, 0.717) is 0 Å². The predicted molar refractivity (Wildman–Crippen MR) is 88.8 cm³/mol. The molecule has 0 bridgehead atoms. The first-order valence-corrected chi connectivity index (χ1v) is 7.55. The van der Waals surface area contributed by atoms with E-state index in [1.54, 1.807) is 7.11 Å². The van der Waals surface area contributed by atoms with Gasteiger partial charge >= 0.3 is 0 Å². The zero-order valence-electron chi connectivity index (χ0n) is 13.2. The second-order valence-electron chi connectivity index (χ2n) is 5.87. The van der Waals surface area contributed by atoms with Crippen molar-refractivity contribution in [1.29, 1.82) is 0 Å². The van der Waals surface area contributed by atoms with Crippen molar-refractivity contribution in [3.05, 3.63) is 65.7 Å². The van der Waals surface area contributed by atoms with E-state index in [9.17, 15) is 0 Å². The third kappa shape index (κ3) is 4.61. The monoisotopic (exact) mass is 283 g/mol. The van der Waals surface area contributed by atoms with Crippen molar-refractivity contribution in [3.8, 4) is 5.75 Å². The van der Waals surface area contributed by atoms with Gasteiger partial charge in [0.25, 0.3) is 0 Å². The summed E-state index contributed by atoms with van der Waals surface area (Å²) < 4.78 is 5.21. The zero-order chi connectivity index (χ0) is 15.1. The topological polar surface area (TPSA) is 21.3 Å². The van der Waals surface area contributed by atoms with E-state index in [0.717, 1.165) is 25.1 Å². The van der Waals surface area contributed by atoms with Crippen LogP contribution in [0.25, 0.3) is 0 Å². The third-order valence-corrected chi connectivity index (χ3v) is 3.86. The second kappa shape index (κ2) is 7.28. The highest BCUT2D eigenvalue weighted by Crippen LogP contribution is 2.22. The van der Waals surface area contributed by atoms with Crippen molar-refractivity contribution in [2.24, 2.45) is 0 Å². The predicted octanol–water partition coefficient (Wildman–Crippen LogP) is 4.15. The van der Waals surface area contributed by atoms with Gasteiger partial charge in [0, 0.05) is 5.54 Å². The molecule has 0 saturated carbocycles. The Balaban J connectivity index is 1.83. The SMILES string of the molecule is COc1ccc(C(C)(C)NCCCc2ccccc2)cc1. The summed E-state index contributed by atoms with van der Waals surface area (Å²) in [7, 11) is 1.70. The van der Waals surface area contributed by atoms with Crippen molar-refractivity contribution in [1.82, 2.24) is 5.32 Å². The second-order valence-corrected chi connectivity index (χ2v) is 5.87. The van der Waals surface area contributed by atoms with Crippen LogP contribution in [-0.4, -0.2) is 13.7 Å². The molecular weight excluding hydrogens is 258 g/mol. The van der Waals surface area contributed by atoms with Crippen LogP contribution in [0.2, 0.25) is 0 Å². The normalized spacial score (nSPS) is 11.4. The molecule has 0 saturated heterocycles. The number of hydrogen-bond acceptors (Lipinski definition) is 2. The standard InChI is InChI=1S/C19H25NO/c1-19(2,17-11-13-18(21-3)14-12-17)20-15-7-10-16-8-5-4-6-9-16/h4-6,8-9,11-14,20H,7,10,15H2,1-3H3. The molecule has 0 atom stereocenters. The highest BCUT2D eigenvalue weighted by Gasteiger charge is 2.19. The Hall–Kier alpha value is -1.80. The summed E-state index contributed by atoms with van der Waals surface area (Å²) in [6.07, 6.45) is 2.26. The van der Waals surface area contributed by atoms with Crippen LogP contribution in [0.15, 0.2) is 54.6 Å². The largest absolute Gasteiger partial charge is 0.497 e. The average molecular weight is 283 g/mol. The van der Waals surface area contributed by atoms with E-state index in [2.05, 4.69) is 61.6 Å². The number of methoxy groups -OCH3 is 1. The molecule has 2 aromatic carbocycles. The van der Waals surface area contributed by atoms with Crippen LogP contribution in [0.5, 0.6) is 5.75 Å². The fourth-order valence-electron chi connectivity index (χ4n) is 2.45. The molecule has 0 aromatic heterocycles. The molecule has 21 heavy (non-hydrogen) atoms. The smallest absolute Gasteiger partial charge is 0.118 e. The van der Waals surface area contributed by atoms with E-state index >= 15 is 0 Å². The molecule has 0 amide bonds. The molecular formula is C19H25NO. The lowest BCUT2D eigenvalue weighted by molar-refractivity contribution is 0.396. The Bertz CT molecular complexity index is 531. The Labute approximate surface area is 128 Å². The highest BCUT2D eigenvalue weighted by atomic mass is 16.5. The van der Waals surface area contributed by atoms with Gasteiger partial charge in [-0.3, -0.25) is 0 Å². The van der Waals surface area contributed by atoms with Crippen LogP contribution in [-0.2, 0) is 12.0 Å². The molecule has 112 valence electrons. The first-order valence-electron chi connectivity index (χ1n) is 7.55. The molecule has 2 aromatic rings. The van der Waals surface area contributed by atoms with Gasteiger partial charge in [0.15, 0.2) is 0 Å². The molecule has 2 heteroatoms. The maximum atomic E-state index is 5.21. The Kier molecular flexibility index (Phi) is 5.40. The summed E-state index contributed by atoms with van der Waals surface area (Å²) in [5, 5.41) is 3.64. The highest BCUT2D eigenvalue weighted by molar-refractivity contribution is 5.31. The van der Waals surface area contributed by atoms with Gasteiger partial charge in [-0.2, -0.15) is 0 Å². The summed E-state index contributed by atoms with van der Waals surface area (Å²) in [6, 6.07) is 18.9. The van der Waals surface area contributed by atoms with E-state index in [1.807, 2.05) is 12.1 Å². The Morgan fingerprint density at radius 3 is 2.24 bits per heavy atom. The van der Waals surface area contributed by atoms with Gasteiger partial charge < -0.3 is 10.1 Å². The van der Waals surface area contributed by atoms with Crippen LogP contribution in [0, 0.1) is 0 Å². The molecule has 0 aliphatic rings. The minimum atomic E-state index is -0.0248. The molecule has 2 nitrogen and oxygen atoms in total. The van der Waals surface area contributed by atoms with Gasteiger partial charge in [0.05, 0.1) is 7.11 Å². The first kappa shape index (κ1) is 15.6. The van der Waals surface area contributed by atoms with Gasteiger partial charge in [0.2, 0.25) is 0 Å². The Morgan fingerprint density at radius 2 is 1.62 bits per heavy atom. The number of ether oxygens (including phenoxy) is 1. The number of benzene rings is 2. The van der Waals surface area contributed by atoms with Crippen LogP contribution in [0.3, 0.4) is 0 Å². The third-order valence-electron chi connectivity index (χ3n) is 3.86. The van der Waals surface area contributed by atoms with Crippen molar-refractivity contribution in [2.75, 3.05) is 13.7 Å². The molecule has 0 radical (unpaired) electrons. The lowest BCUT2D eigenvalue weighted by Crippen LogP contribution is -2.37. The minimum absolute atomic E-state index is 0.0248.